The van der Waals surface area contributed by atoms with Gasteiger partial charge in [-0.3, -0.25) is 0 Å². The van der Waals surface area contributed by atoms with Gasteiger partial charge in [-0.05, 0) is 30.2 Å². The van der Waals surface area contributed by atoms with Crippen LogP contribution in [0.2, 0.25) is 0 Å². The molecule has 2 nitrogen and oxygen atoms in total. The van der Waals surface area contributed by atoms with E-state index in [9.17, 15) is 5.11 Å². The monoisotopic (exact) mass is 221 g/mol. The average Bonchev–Trinajstić information content (AvgIpc) is 3.00. The largest absolute Gasteiger partial charge is 0.393 e. The van der Waals surface area contributed by atoms with Crippen LogP contribution in [0.25, 0.3) is 0 Å². The van der Waals surface area contributed by atoms with Gasteiger partial charge in [-0.1, -0.05) is 37.3 Å². The number of benzene rings is 1. The lowest BCUT2D eigenvalue weighted by molar-refractivity contribution is 0.0890. The molecule has 0 amide bonds. The van der Waals surface area contributed by atoms with Gasteiger partial charge < -0.3 is 9.84 Å². The van der Waals surface area contributed by atoms with Crippen molar-refractivity contribution in [1.29, 1.82) is 0 Å². The van der Waals surface area contributed by atoms with Crippen molar-refractivity contribution in [2.75, 3.05) is 6.61 Å². The van der Waals surface area contributed by atoms with Gasteiger partial charge in [0.25, 0.3) is 0 Å². The molecular weight excluding hydrogens is 200 g/mol. The molecule has 0 aliphatic heterocycles. The van der Waals surface area contributed by atoms with Gasteiger partial charge in [-0.25, -0.2) is 0 Å². The lowest BCUT2D eigenvalue weighted by Gasteiger charge is -2.07. The SMILES string of the molecule is [2H][C@H]1[C@@H](COCc2ccccc2)[C@H]1[C@@H](O)CC. The minimum absolute atomic E-state index is 0.121. The summed E-state index contributed by atoms with van der Waals surface area (Å²) in [6.07, 6.45) is 0.262. The maximum atomic E-state index is 9.68. The molecule has 2 heteroatoms. The fourth-order valence-electron chi connectivity index (χ4n) is 1.96. The summed E-state index contributed by atoms with van der Waals surface area (Å²) in [7, 11) is 0. The van der Waals surface area contributed by atoms with Gasteiger partial charge in [0.2, 0.25) is 0 Å². The van der Waals surface area contributed by atoms with E-state index in [2.05, 4.69) is 0 Å². The third kappa shape index (κ3) is 3.06. The molecule has 1 aromatic rings. The molecule has 0 spiro atoms. The predicted octanol–water partition coefficient (Wildman–Crippen LogP) is 2.61. The molecule has 4 atom stereocenters. The fraction of sp³-hybridized carbons (Fsp3) is 0.571. The molecule has 0 radical (unpaired) electrons. The molecule has 1 saturated carbocycles. The highest BCUT2D eigenvalue weighted by molar-refractivity contribution is 5.13. The van der Waals surface area contributed by atoms with Crippen molar-refractivity contribution < 1.29 is 11.2 Å². The maximum Gasteiger partial charge on any atom is 0.0717 e. The first-order chi connectivity index (χ1) is 8.24. The number of ether oxygens (including phenoxy) is 1. The van der Waals surface area contributed by atoms with Crippen molar-refractivity contribution in [1.82, 2.24) is 0 Å². The van der Waals surface area contributed by atoms with Crippen LogP contribution in [-0.2, 0) is 11.3 Å². The van der Waals surface area contributed by atoms with E-state index in [1.807, 2.05) is 37.3 Å². The molecule has 0 unspecified atom stereocenters. The summed E-state index contributed by atoms with van der Waals surface area (Å²) in [5.74, 6) is 0.337. The smallest absolute Gasteiger partial charge is 0.0717 e. The van der Waals surface area contributed by atoms with Gasteiger partial charge in [0.15, 0.2) is 0 Å². The number of hydrogen-bond donors (Lipinski definition) is 1. The molecular formula is C14H20O2. The molecule has 1 fully saturated rings. The Kier molecular flexibility index (Phi) is 3.52. The van der Waals surface area contributed by atoms with E-state index in [0.29, 0.717) is 13.2 Å². The fourth-order valence-corrected chi connectivity index (χ4v) is 1.96. The van der Waals surface area contributed by atoms with Crippen LogP contribution in [0.5, 0.6) is 0 Å². The Morgan fingerprint density at radius 3 is 2.94 bits per heavy atom. The minimum Gasteiger partial charge on any atom is -0.393 e. The van der Waals surface area contributed by atoms with Gasteiger partial charge in [-0.2, -0.15) is 0 Å². The number of aliphatic hydroxyl groups is 1. The molecule has 1 aliphatic rings. The molecule has 1 aromatic carbocycles. The summed E-state index contributed by atoms with van der Waals surface area (Å²) >= 11 is 0. The van der Waals surface area contributed by atoms with Crippen LogP contribution < -0.4 is 0 Å². The Labute approximate surface area is 98.7 Å². The zero-order valence-corrected chi connectivity index (χ0v) is 9.67. The van der Waals surface area contributed by atoms with E-state index >= 15 is 0 Å². The van der Waals surface area contributed by atoms with Crippen molar-refractivity contribution in [2.24, 2.45) is 11.8 Å². The summed E-state index contributed by atoms with van der Waals surface area (Å²) in [6, 6.07) is 10.0. The zero-order chi connectivity index (χ0) is 12.3. The first-order valence-corrected chi connectivity index (χ1v) is 5.96. The summed E-state index contributed by atoms with van der Waals surface area (Å²) in [6.45, 7) is 3.14. The van der Waals surface area contributed by atoms with E-state index in [4.69, 9.17) is 6.11 Å². The van der Waals surface area contributed by atoms with Crippen LogP contribution >= 0.6 is 0 Å². The Bertz CT molecular complexity index is 341. The van der Waals surface area contributed by atoms with E-state index in [1.165, 1.54) is 0 Å². The molecule has 1 N–H and O–H groups in total. The van der Waals surface area contributed by atoms with E-state index in [0.717, 1.165) is 12.0 Å². The van der Waals surface area contributed by atoms with Crippen molar-refractivity contribution in [2.45, 2.75) is 32.5 Å². The number of rotatable bonds is 6. The molecule has 16 heavy (non-hydrogen) atoms. The standard InChI is InChI=1S/C14H20O2/c1-2-14(15)13-8-12(13)10-16-9-11-6-4-3-5-7-11/h3-7,12-15H,2,8-10H2,1H3/t12-,13-,14-/m0/s1/i8D/t8-,12-,13-,14-. The Morgan fingerprint density at radius 1 is 1.50 bits per heavy atom. The van der Waals surface area contributed by atoms with Crippen LogP contribution in [0.1, 0.15) is 26.7 Å². The highest BCUT2D eigenvalue weighted by atomic mass is 16.5. The Hall–Kier alpha value is -0.860. The van der Waals surface area contributed by atoms with Crippen molar-refractivity contribution in [3.63, 3.8) is 0 Å². The van der Waals surface area contributed by atoms with Crippen LogP contribution in [0, 0.1) is 11.8 Å². The molecule has 0 aromatic heterocycles. The third-order valence-corrected chi connectivity index (χ3v) is 3.11. The highest BCUT2D eigenvalue weighted by Gasteiger charge is 2.41. The van der Waals surface area contributed by atoms with Crippen LogP contribution in [0.4, 0.5) is 0 Å². The molecule has 1 aliphatic carbocycles. The van der Waals surface area contributed by atoms with E-state index in [1.54, 1.807) is 0 Å². The van der Waals surface area contributed by atoms with Crippen LogP contribution in [-0.4, -0.2) is 17.8 Å². The first kappa shape index (κ1) is 10.3. The van der Waals surface area contributed by atoms with Crippen LogP contribution in [0.15, 0.2) is 30.3 Å². The highest BCUT2D eigenvalue weighted by Crippen LogP contribution is 2.42. The van der Waals surface area contributed by atoms with E-state index in [-0.39, 0.29) is 24.3 Å². The first-order valence-electron chi connectivity index (χ1n) is 6.53. The topological polar surface area (TPSA) is 29.5 Å². The maximum absolute atomic E-state index is 9.68. The molecule has 0 saturated heterocycles. The Balaban J connectivity index is 1.70. The normalized spacial score (nSPS) is 30.9. The average molecular weight is 221 g/mol. The van der Waals surface area contributed by atoms with Gasteiger partial charge in [-0.15, -0.1) is 0 Å². The van der Waals surface area contributed by atoms with Gasteiger partial charge in [0.1, 0.15) is 0 Å². The van der Waals surface area contributed by atoms with Gasteiger partial charge in [0, 0.05) is 1.37 Å². The second kappa shape index (κ2) is 5.46. The van der Waals surface area contributed by atoms with Crippen molar-refractivity contribution >= 4 is 0 Å². The molecule has 0 bridgehead atoms. The lowest BCUT2D eigenvalue weighted by atomic mass is 10.1. The molecule has 0 heterocycles. The lowest BCUT2D eigenvalue weighted by Crippen LogP contribution is -2.10. The predicted molar refractivity (Wildman–Crippen MR) is 64.0 cm³/mol. The zero-order valence-electron chi connectivity index (χ0n) is 10.7. The quantitative estimate of drug-likeness (QED) is 0.800. The van der Waals surface area contributed by atoms with E-state index < -0.39 is 0 Å². The number of hydrogen-bond acceptors (Lipinski definition) is 2. The summed E-state index contributed by atoms with van der Waals surface area (Å²) in [4.78, 5) is 0. The van der Waals surface area contributed by atoms with Crippen molar-refractivity contribution in [3.8, 4) is 0 Å². The third-order valence-electron chi connectivity index (χ3n) is 3.11. The van der Waals surface area contributed by atoms with Crippen molar-refractivity contribution in [3.05, 3.63) is 35.9 Å². The minimum atomic E-state index is -0.331. The molecule has 88 valence electrons. The Morgan fingerprint density at radius 2 is 2.25 bits per heavy atom. The summed E-state index contributed by atoms with van der Waals surface area (Å²) in [5.41, 5.74) is 1.15. The number of aliphatic hydroxyl groups excluding tert-OH is 1. The second-order valence-electron chi connectivity index (χ2n) is 4.41. The molecule has 2 rings (SSSR count). The van der Waals surface area contributed by atoms with Gasteiger partial charge >= 0.3 is 0 Å². The summed E-state index contributed by atoms with van der Waals surface area (Å²) in [5, 5.41) is 9.68. The second-order valence-corrected chi connectivity index (χ2v) is 4.41. The summed E-state index contributed by atoms with van der Waals surface area (Å²) < 4.78 is 13.4. The van der Waals surface area contributed by atoms with Crippen LogP contribution in [0.3, 0.4) is 0 Å². The van der Waals surface area contributed by atoms with Gasteiger partial charge in [0.05, 0.1) is 19.3 Å².